The lowest BCUT2D eigenvalue weighted by molar-refractivity contribution is 0.584. The summed E-state index contributed by atoms with van der Waals surface area (Å²) in [7, 11) is 0. The van der Waals surface area contributed by atoms with Gasteiger partial charge in [-0.15, -0.1) is 0 Å². The fraction of sp³-hybridized carbons (Fsp3) is 0.294. The average molecular weight is 371 g/mol. The first kappa shape index (κ1) is 16.5. The van der Waals surface area contributed by atoms with Gasteiger partial charge < -0.3 is 5.32 Å². The number of benzene rings is 2. The molecule has 2 rings (SSSR count). The van der Waals surface area contributed by atoms with Gasteiger partial charge in [-0.2, -0.15) is 0 Å². The molecule has 0 heterocycles. The second-order valence-corrected chi connectivity index (χ2v) is 6.44. The van der Waals surface area contributed by atoms with Gasteiger partial charge in [0, 0.05) is 9.50 Å². The maximum Gasteiger partial charge on any atom is 0.123 e. The Morgan fingerprint density at radius 3 is 2.67 bits per heavy atom. The van der Waals surface area contributed by atoms with Crippen molar-refractivity contribution in [3.63, 3.8) is 0 Å². The smallest absolute Gasteiger partial charge is 0.123 e. The van der Waals surface area contributed by atoms with Gasteiger partial charge in [0.15, 0.2) is 0 Å². The maximum absolute atomic E-state index is 13.7. The molecular formula is C17H18BrClFN. The monoisotopic (exact) mass is 369 g/mol. The molecule has 2 aromatic carbocycles. The van der Waals surface area contributed by atoms with Crippen molar-refractivity contribution in [1.29, 1.82) is 0 Å². The van der Waals surface area contributed by atoms with Gasteiger partial charge in [-0.25, -0.2) is 4.39 Å². The highest BCUT2D eigenvalue weighted by Gasteiger charge is 2.18. The zero-order chi connectivity index (χ0) is 15.4. The Morgan fingerprint density at radius 2 is 2.00 bits per heavy atom. The molecule has 0 aliphatic heterocycles. The van der Waals surface area contributed by atoms with Gasteiger partial charge in [-0.3, -0.25) is 0 Å². The summed E-state index contributed by atoms with van der Waals surface area (Å²) in [5.74, 6) is -0.223. The van der Waals surface area contributed by atoms with Crippen LogP contribution in [0.4, 0.5) is 4.39 Å². The molecule has 0 saturated carbocycles. The van der Waals surface area contributed by atoms with Crippen LogP contribution in [0.1, 0.15) is 36.1 Å². The second-order valence-electron chi connectivity index (χ2n) is 5.11. The number of hydrogen-bond donors (Lipinski definition) is 1. The minimum Gasteiger partial charge on any atom is -0.306 e. The zero-order valence-corrected chi connectivity index (χ0v) is 14.4. The molecule has 0 fully saturated rings. The summed E-state index contributed by atoms with van der Waals surface area (Å²) in [6, 6.07) is 10.7. The van der Waals surface area contributed by atoms with E-state index in [0.717, 1.165) is 34.1 Å². The Bertz CT molecular complexity index is 610. The number of nitrogens with one attached hydrogen (secondary N) is 1. The number of aryl methyl sites for hydroxylation is 1. The third-order valence-electron chi connectivity index (χ3n) is 3.27. The van der Waals surface area contributed by atoms with Crippen molar-refractivity contribution < 1.29 is 4.39 Å². The van der Waals surface area contributed by atoms with E-state index >= 15 is 0 Å². The van der Waals surface area contributed by atoms with Crippen LogP contribution in [0.3, 0.4) is 0 Å². The molecule has 4 heteroatoms. The molecule has 1 nitrogen and oxygen atoms in total. The largest absolute Gasteiger partial charge is 0.306 e. The maximum atomic E-state index is 13.7. The molecule has 0 radical (unpaired) electrons. The lowest BCUT2D eigenvalue weighted by atomic mass is 9.97. The zero-order valence-electron chi connectivity index (χ0n) is 12.1. The van der Waals surface area contributed by atoms with Crippen LogP contribution in [0.25, 0.3) is 0 Å². The van der Waals surface area contributed by atoms with Gasteiger partial charge in [-0.05, 0) is 66.9 Å². The molecule has 0 bridgehead atoms. The Kier molecular flexibility index (Phi) is 5.80. The van der Waals surface area contributed by atoms with Gasteiger partial charge in [0.2, 0.25) is 0 Å². The molecular weight excluding hydrogens is 353 g/mol. The molecule has 0 aliphatic carbocycles. The molecule has 0 saturated heterocycles. The van der Waals surface area contributed by atoms with Crippen LogP contribution < -0.4 is 5.32 Å². The van der Waals surface area contributed by atoms with E-state index in [2.05, 4.69) is 28.2 Å². The second kappa shape index (κ2) is 7.39. The quantitative estimate of drug-likeness (QED) is 0.718. The summed E-state index contributed by atoms with van der Waals surface area (Å²) in [5.41, 5.74) is 2.74. The molecule has 1 N–H and O–H groups in total. The standard InChI is InChI=1S/C17H18BrClFN/c1-3-6-21-17(12-7-11(2)8-14(20)9-12)15-10-13(18)4-5-16(15)19/h4-5,7-10,17,21H,3,6H2,1-2H3. The van der Waals surface area contributed by atoms with E-state index in [4.69, 9.17) is 11.6 Å². The van der Waals surface area contributed by atoms with E-state index < -0.39 is 0 Å². The summed E-state index contributed by atoms with van der Waals surface area (Å²) < 4.78 is 14.7. The minimum absolute atomic E-state index is 0.121. The molecule has 1 atom stereocenters. The number of hydrogen-bond acceptors (Lipinski definition) is 1. The summed E-state index contributed by atoms with van der Waals surface area (Å²) >= 11 is 9.82. The molecule has 112 valence electrons. The molecule has 0 spiro atoms. The fourth-order valence-electron chi connectivity index (χ4n) is 2.36. The summed E-state index contributed by atoms with van der Waals surface area (Å²) in [6.45, 7) is 4.83. The lowest BCUT2D eigenvalue weighted by Crippen LogP contribution is -2.23. The molecule has 0 amide bonds. The van der Waals surface area contributed by atoms with E-state index in [-0.39, 0.29) is 11.9 Å². The summed E-state index contributed by atoms with van der Waals surface area (Å²) in [6.07, 6.45) is 0.996. The van der Waals surface area contributed by atoms with Crippen LogP contribution in [0.2, 0.25) is 5.02 Å². The summed E-state index contributed by atoms with van der Waals surface area (Å²) in [4.78, 5) is 0. The molecule has 2 aromatic rings. The fourth-order valence-corrected chi connectivity index (χ4v) is 2.97. The first-order chi connectivity index (χ1) is 10.0. The topological polar surface area (TPSA) is 12.0 Å². The van der Waals surface area contributed by atoms with Crippen molar-refractivity contribution in [1.82, 2.24) is 5.32 Å². The Balaban J connectivity index is 2.49. The van der Waals surface area contributed by atoms with Crippen LogP contribution in [0, 0.1) is 12.7 Å². The van der Waals surface area contributed by atoms with Crippen molar-refractivity contribution in [2.75, 3.05) is 6.54 Å². The van der Waals surface area contributed by atoms with Crippen molar-refractivity contribution in [3.8, 4) is 0 Å². The highest BCUT2D eigenvalue weighted by atomic mass is 79.9. The molecule has 1 unspecified atom stereocenters. The van der Waals surface area contributed by atoms with Crippen molar-refractivity contribution in [2.24, 2.45) is 0 Å². The highest BCUT2D eigenvalue weighted by molar-refractivity contribution is 9.10. The summed E-state index contributed by atoms with van der Waals surface area (Å²) in [5, 5.41) is 4.13. The third kappa shape index (κ3) is 4.29. The molecule has 0 aromatic heterocycles. The predicted molar refractivity (Wildman–Crippen MR) is 90.4 cm³/mol. The normalized spacial score (nSPS) is 12.4. The van der Waals surface area contributed by atoms with Crippen molar-refractivity contribution >= 4 is 27.5 Å². The molecule has 21 heavy (non-hydrogen) atoms. The average Bonchev–Trinajstić information content (AvgIpc) is 2.42. The predicted octanol–water partition coefficient (Wildman–Crippen LogP) is 5.64. The van der Waals surface area contributed by atoms with Crippen LogP contribution in [0.15, 0.2) is 40.9 Å². The van der Waals surface area contributed by atoms with E-state index in [9.17, 15) is 4.39 Å². The SMILES string of the molecule is CCCNC(c1cc(C)cc(F)c1)c1cc(Br)ccc1Cl. The minimum atomic E-state index is -0.223. The van der Waals surface area contributed by atoms with Crippen LogP contribution >= 0.6 is 27.5 Å². The van der Waals surface area contributed by atoms with Crippen molar-refractivity contribution in [3.05, 3.63) is 68.4 Å². The Hall–Kier alpha value is -0.900. The van der Waals surface area contributed by atoms with Gasteiger partial charge in [0.1, 0.15) is 5.82 Å². The first-order valence-corrected chi connectivity index (χ1v) is 8.13. The van der Waals surface area contributed by atoms with E-state index in [0.29, 0.717) is 5.02 Å². The third-order valence-corrected chi connectivity index (χ3v) is 4.10. The van der Waals surface area contributed by atoms with E-state index in [1.165, 1.54) is 6.07 Å². The van der Waals surface area contributed by atoms with Gasteiger partial charge in [0.05, 0.1) is 6.04 Å². The first-order valence-electron chi connectivity index (χ1n) is 6.96. The van der Waals surface area contributed by atoms with Gasteiger partial charge in [-0.1, -0.05) is 40.5 Å². The Labute approximate surface area is 138 Å². The van der Waals surface area contributed by atoms with Crippen molar-refractivity contribution in [2.45, 2.75) is 26.3 Å². The lowest BCUT2D eigenvalue weighted by Gasteiger charge is -2.21. The van der Waals surface area contributed by atoms with Crippen LogP contribution in [-0.2, 0) is 0 Å². The number of rotatable bonds is 5. The highest BCUT2D eigenvalue weighted by Crippen LogP contribution is 2.31. The van der Waals surface area contributed by atoms with E-state index in [1.54, 1.807) is 6.07 Å². The Morgan fingerprint density at radius 1 is 1.24 bits per heavy atom. The van der Waals surface area contributed by atoms with Crippen LogP contribution in [-0.4, -0.2) is 6.54 Å². The van der Waals surface area contributed by atoms with E-state index in [1.807, 2.05) is 31.2 Å². The van der Waals surface area contributed by atoms with Gasteiger partial charge in [0.25, 0.3) is 0 Å². The number of halogens is 3. The van der Waals surface area contributed by atoms with Gasteiger partial charge >= 0.3 is 0 Å². The molecule has 0 aliphatic rings. The van der Waals surface area contributed by atoms with Crippen LogP contribution in [0.5, 0.6) is 0 Å².